The van der Waals surface area contributed by atoms with Crippen LogP contribution in [0, 0.1) is 0 Å². The molecule has 0 amide bonds. The average Bonchev–Trinajstić information content (AvgIpc) is 2.20. The summed E-state index contributed by atoms with van der Waals surface area (Å²) in [5.41, 5.74) is 0. The Morgan fingerprint density at radius 3 is 2.07 bits per heavy atom. The Morgan fingerprint density at radius 2 is 1.71 bits per heavy atom. The molecule has 0 bridgehead atoms. The molecular weight excluding hydrogens is 182 g/mol. The maximum atomic E-state index is 8.95. The number of aliphatic hydroxyl groups is 1. The first-order valence-corrected chi connectivity index (χ1v) is 5.35. The van der Waals surface area contributed by atoms with Gasteiger partial charge in [0, 0.05) is 25.8 Å². The Bertz CT molecular complexity index is 112. The normalized spacial score (nSPS) is 13.5. The molecule has 2 N–H and O–H groups in total. The molecule has 0 saturated carbocycles. The van der Waals surface area contributed by atoms with E-state index in [1.807, 2.05) is 20.8 Å². The first-order chi connectivity index (χ1) is 6.78. The number of aliphatic hydroxyl groups excluding tert-OH is 1. The molecular formula is C10H23NO3. The van der Waals surface area contributed by atoms with E-state index in [0.29, 0.717) is 19.8 Å². The quantitative estimate of drug-likeness (QED) is 0.545. The molecule has 86 valence electrons. The van der Waals surface area contributed by atoms with Gasteiger partial charge in [0.25, 0.3) is 0 Å². The van der Waals surface area contributed by atoms with Crippen molar-refractivity contribution in [3.8, 4) is 0 Å². The molecule has 0 radical (unpaired) electrons. The van der Waals surface area contributed by atoms with Crippen LogP contribution in [0.1, 0.15) is 27.2 Å². The third kappa shape index (κ3) is 6.32. The predicted octanol–water partition coefficient (Wildman–Crippen LogP) is 0.746. The summed E-state index contributed by atoms with van der Waals surface area (Å²) in [7, 11) is 0. The third-order valence-corrected chi connectivity index (χ3v) is 1.99. The fraction of sp³-hybridized carbons (Fsp3) is 1.00. The standard InChI is InChI=1S/C10H23NO3/c1-4-9(8-12)11-7-10(13-5-2)14-6-3/h9-12H,4-8H2,1-3H3. The molecule has 0 aromatic carbocycles. The first kappa shape index (κ1) is 13.8. The van der Waals surface area contributed by atoms with Crippen LogP contribution in [0.2, 0.25) is 0 Å². The van der Waals surface area contributed by atoms with Crippen molar-refractivity contribution >= 4 is 0 Å². The lowest BCUT2D eigenvalue weighted by Crippen LogP contribution is -2.39. The molecule has 0 aromatic heterocycles. The SMILES string of the molecule is CCOC(CNC(CC)CO)OCC. The van der Waals surface area contributed by atoms with Gasteiger partial charge in [0.1, 0.15) is 0 Å². The van der Waals surface area contributed by atoms with Gasteiger partial charge >= 0.3 is 0 Å². The summed E-state index contributed by atoms with van der Waals surface area (Å²) in [6.07, 6.45) is 0.701. The van der Waals surface area contributed by atoms with E-state index in [0.717, 1.165) is 6.42 Å². The molecule has 0 aromatic rings. The largest absolute Gasteiger partial charge is 0.395 e. The van der Waals surface area contributed by atoms with Crippen molar-refractivity contribution in [2.45, 2.75) is 39.5 Å². The van der Waals surface area contributed by atoms with Crippen molar-refractivity contribution in [3.05, 3.63) is 0 Å². The fourth-order valence-electron chi connectivity index (χ4n) is 1.14. The topological polar surface area (TPSA) is 50.7 Å². The molecule has 0 aliphatic rings. The molecule has 0 saturated heterocycles. The summed E-state index contributed by atoms with van der Waals surface area (Å²) in [6.45, 7) is 7.97. The van der Waals surface area contributed by atoms with E-state index in [9.17, 15) is 0 Å². The van der Waals surface area contributed by atoms with Crippen LogP contribution in [0.25, 0.3) is 0 Å². The van der Waals surface area contributed by atoms with Gasteiger partial charge in [0.2, 0.25) is 0 Å². The van der Waals surface area contributed by atoms with E-state index in [-0.39, 0.29) is 18.9 Å². The van der Waals surface area contributed by atoms with Crippen LogP contribution in [-0.4, -0.2) is 43.8 Å². The second kappa shape index (κ2) is 9.40. The smallest absolute Gasteiger partial charge is 0.169 e. The van der Waals surface area contributed by atoms with Gasteiger partial charge in [0.05, 0.1) is 6.61 Å². The molecule has 1 unspecified atom stereocenters. The number of rotatable bonds is 9. The highest BCUT2D eigenvalue weighted by atomic mass is 16.7. The number of hydrogen-bond acceptors (Lipinski definition) is 4. The number of nitrogens with one attached hydrogen (secondary N) is 1. The highest BCUT2D eigenvalue weighted by Gasteiger charge is 2.10. The molecule has 4 heteroatoms. The Balaban J connectivity index is 3.67. The molecule has 4 nitrogen and oxygen atoms in total. The molecule has 0 rings (SSSR count). The molecule has 0 aliphatic heterocycles. The van der Waals surface area contributed by atoms with E-state index in [4.69, 9.17) is 14.6 Å². The van der Waals surface area contributed by atoms with E-state index >= 15 is 0 Å². The third-order valence-electron chi connectivity index (χ3n) is 1.99. The van der Waals surface area contributed by atoms with Gasteiger partial charge in [-0.05, 0) is 20.3 Å². The minimum atomic E-state index is -0.203. The van der Waals surface area contributed by atoms with Crippen molar-refractivity contribution in [2.75, 3.05) is 26.4 Å². The molecule has 1 atom stereocenters. The minimum absolute atomic E-state index is 0.137. The zero-order valence-electron chi connectivity index (χ0n) is 9.45. The number of hydrogen-bond donors (Lipinski definition) is 2. The van der Waals surface area contributed by atoms with Crippen LogP contribution in [0.3, 0.4) is 0 Å². The molecule has 0 spiro atoms. The highest BCUT2D eigenvalue weighted by Crippen LogP contribution is 1.96. The van der Waals surface area contributed by atoms with Crippen molar-refractivity contribution in [2.24, 2.45) is 0 Å². The summed E-state index contributed by atoms with van der Waals surface area (Å²) < 4.78 is 10.7. The molecule has 0 aliphatic carbocycles. The van der Waals surface area contributed by atoms with Gasteiger partial charge in [0.15, 0.2) is 6.29 Å². The molecule has 0 heterocycles. The Kier molecular flexibility index (Phi) is 9.29. The van der Waals surface area contributed by atoms with E-state index in [1.54, 1.807) is 0 Å². The van der Waals surface area contributed by atoms with Crippen molar-refractivity contribution in [3.63, 3.8) is 0 Å². The Labute approximate surface area is 86.6 Å². The van der Waals surface area contributed by atoms with Gasteiger partial charge in [-0.2, -0.15) is 0 Å². The van der Waals surface area contributed by atoms with Crippen molar-refractivity contribution in [1.82, 2.24) is 5.32 Å². The van der Waals surface area contributed by atoms with Crippen molar-refractivity contribution in [1.29, 1.82) is 0 Å². The van der Waals surface area contributed by atoms with Crippen molar-refractivity contribution < 1.29 is 14.6 Å². The average molecular weight is 205 g/mol. The lowest BCUT2D eigenvalue weighted by Gasteiger charge is -2.20. The summed E-state index contributed by atoms with van der Waals surface area (Å²) >= 11 is 0. The molecule has 0 fully saturated rings. The zero-order valence-corrected chi connectivity index (χ0v) is 9.45. The van der Waals surface area contributed by atoms with Gasteiger partial charge in [-0.15, -0.1) is 0 Å². The summed E-state index contributed by atoms with van der Waals surface area (Å²) in [4.78, 5) is 0. The van der Waals surface area contributed by atoms with Crippen LogP contribution in [0.15, 0.2) is 0 Å². The number of ether oxygens (including phenoxy) is 2. The van der Waals surface area contributed by atoms with E-state index in [2.05, 4.69) is 5.32 Å². The lowest BCUT2D eigenvalue weighted by molar-refractivity contribution is -0.134. The second-order valence-electron chi connectivity index (χ2n) is 3.04. The summed E-state index contributed by atoms with van der Waals surface area (Å²) in [6, 6.07) is 0.137. The maximum absolute atomic E-state index is 8.95. The molecule has 14 heavy (non-hydrogen) atoms. The van der Waals surface area contributed by atoms with Crippen LogP contribution < -0.4 is 5.32 Å². The second-order valence-corrected chi connectivity index (χ2v) is 3.04. The summed E-state index contributed by atoms with van der Waals surface area (Å²) in [5.74, 6) is 0. The van der Waals surface area contributed by atoms with Crippen LogP contribution in [0.5, 0.6) is 0 Å². The maximum Gasteiger partial charge on any atom is 0.169 e. The minimum Gasteiger partial charge on any atom is -0.395 e. The zero-order chi connectivity index (χ0) is 10.8. The predicted molar refractivity (Wildman–Crippen MR) is 56.2 cm³/mol. The highest BCUT2D eigenvalue weighted by molar-refractivity contribution is 4.63. The van der Waals surface area contributed by atoms with E-state index < -0.39 is 0 Å². The van der Waals surface area contributed by atoms with Gasteiger partial charge in [-0.3, -0.25) is 0 Å². The lowest BCUT2D eigenvalue weighted by atomic mass is 10.2. The summed E-state index contributed by atoms with van der Waals surface area (Å²) in [5, 5.41) is 12.1. The van der Waals surface area contributed by atoms with Crippen LogP contribution in [0.4, 0.5) is 0 Å². The fourth-order valence-corrected chi connectivity index (χ4v) is 1.14. The van der Waals surface area contributed by atoms with Crippen LogP contribution >= 0.6 is 0 Å². The Morgan fingerprint density at radius 1 is 1.14 bits per heavy atom. The van der Waals surface area contributed by atoms with Gasteiger partial charge < -0.3 is 19.9 Å². The van der Waals surface area contributed by atoms with Crippen LogP contribution in [-0.2, 0) is 9.47 Å². The first-order valence-electron chi connectivity index (χ1n) is 5.35. The van der Waals surface area contributed by atoms with Gasteiger partial charge in [-0.25, -0.2) is 0 Å². The monoisotopic (exact) mass is 205 g/mol. The van der Waals surface area contributed by atoms with Gasteiger partial charge in [-0.1, -0.05) is 6.92 Å². The Hall–Kier alpha value is -0.160. The van der Waals surface area contributed by atoms with E-state index in [1.165, 1.54) is 0 Å².